The zero-order valence-corrected chi connectivity index (χ0v) is 13.7. The average molecular weight is 316 g/mol. The van der Waals surface area contributed by atoms with Gasteiger partial charge in [0.2, 0.25) is 5.91 Å². The fraction of sp³-hybridized carbons (Fsp3) is 0.412. The van der Waals surface area contributed by atoms with Crippen molar-refractivity contribution in [2.75, 3.05) is 26.3 Å². The van der Waals surface area contributed by atoms with Crippen molar-refractivity contribution in [2.45, 2.75) is 24.1 Å². The Hall–Kier alpha value is -1.59. The summed E-state index contributed by atoms with van der Waals surface area (Å²) in [5.41, 5.74) is 2.18. The molecule has 0 aliphatic carbocycles. The van der Waals surface area contributed by atoms with Crippen LogP contribution < -0.4 is 0 Å². The van der Waals surface area contributed by atoms with E-state index in [1.54, 1.807) is 0 Å². The molecule has 1 unspecified atom stereocenters. The van der Waals surface area contributed by atoms with Crippen molar-refractivity contribution in [1.82, 2.24) is 9.88 Å². The predicted octanol–water partition coefficient (Wildman–Crippen LogP) is 2.88. The first-order valence-corrected chi connectivity index (χ1v) is 8.42. The highest BCUT2D eigenvalue weighted by Gasteiger charge is 2.23. The standard InChI is InChI=1S/C17H20N2O2S/c1-12-11-16(18-15-6-4-3-5-14(12)15)22-13(2)17(20)19-7-9-21-10-8-19/h3-6,11,13H,7-10H2,1-2H3. The number of aromatic nitrogens is 1. The molecule has 0 spiro atoms. The van der Waals surface area contributed by atoms with E-state index in [1.165, 1.54) is 22.7 Å². The Kier molecular flexibility index (Phi) is 4.64. The highest BCUT2D eigenvalue weighted by atomic mass is 32.2. The first kappa shape index (κ1) is 15.3. The van der Waals surface area contributed by atoms with Crippen LogP contribution in [0, 0.1) is 6.92 Å². The molecule has 1 amide bonds. The van der Waals surface area contributed by atoms with Crippen LogP contribution >= 0.6 is 11.8 Å². The Labute approximate surface area is 134 Å². The number of hydrogen-bond donors (Lipinski definition) is 0. The van der Waals surface area contributed by atoms with Crippen LogP contribution in [0.2, 0.25) is 0 Å². The molecule has 22 heavy (non-hydrogen) atoms. The van der Waals surface area contributed by atoms with Gasteiger partial charge in [-0.25, -0.2) is 4.98 Å². The summed E-state index contributed by atoms with van der Waals surface area (Å²) < 4.78 is 5.30. The molecule has 0 bridgehead atoms. The number of ether oxygens (including phenoxy) is 1. The van der Waals surface area contributed by atoms with E-state index in [-0.39, 0.29) is 11.2 Å². The van der Waals surface area contributed by atoms with Crippen LogP contribution in [-0.2, 0) is 9.53 Å². The zero-order valence-electron chi connectivity index (χ0n) is 12.9. The Balaban J connectivity index is 1.76. The summed E-state index contributed by atoms with van der Waals surface area (Å²) in [6.45, 7) is 6.69. The van der Waals surface area contributed by atoms with Crippen LogP contribution in [0.25, 0.3) is 10.9 Å². The summed E-state index contributed by atoms with van der Waals surface area (Å²) in [6.07, 6.45) is 0. The van der Waals surface area contributed by atoms with Crippen molar-refractivity contribution >= 4 is 28.6 Å². The van der Waals surface area contributed by atoms with Crippen molar-refractivity contribution in [3.8, 4) is 0 Å². The Morgan fingerprint density at radius 1 is 1.32 bits per heavy atom. The smallest absolute Gasteiger partial charge is 0.235 e. The summed E-state index contributed by atoms with van der Waals surface area (Å²) in [4.78, 5) is 19.0. The van der Waals surface area contributed by atoms with Gasteiger partial charge in [0.1, 0.15) is 0 Å². The number of thioether (sulfide) groups is 1. The van der Waals surface area contributed by atoms with E-state index in [4.69, 9.17) is 4.74 Å². The molecule has 1 fully saturated rings. The van der Waals surface area contributed by atoms with E-state index < -0.39 is 0 Å². The summed E-state index contributed by atoms with van der Waals surface area (Å²) >= 11 is 1.53. The van der Waals surface area contributed by atoms with Crippen LogP contribution in [0.3, 0.4) is 0 Å². The lowest BCUT2D eigenvalue weighted by molar-refractivity contribution is -0.134. The number of rotatable bonds is 3. The molecule has 1 aromatic heterocycles. The van der Waals surface area contributed by atoms with Crippen molar-refractivity contribution in [1.29, 1.82) is 0 Å². The summed E-state index contributed by atoms with van der Waals surface area (Å²) in [5.74, 6) is 0.168. The van der Waals surface area contributed by atoms with Crippen molar-refractivity contribution in [3.63, 3.8) is 0 Å². The van der Waals surface area contributed by atoms with Gasteiger partial charge in [-0.2, -0.15) is 0 Å². The van der Waals surface area contributed by atoms with Crippen LogP contribution in [0.15, 0.2) is 35.4 Å². The molecule has 3 rings (SSSR count). The van der Waals surface area contributed by atoms with Gasteiger partial charge >= 0.3 is 0 Å². The third-order valence-electron chi connectivity index (χ3n) is 3.87. The number of carbonyl (C=O) groups is 1. The van der Waals surface area contributed by atoms with Gasteiger partial charge in [0.05, 0.1) is 29.0 Å². The van der Waals surface area contributed by atoms with E-state index in [0.717, 1.165) is 10.5 Å². The second kappa shape index (κ2) is 6.67. The van der Waals surface area contributed by atoms with Gasteiger partial charge < -0.3 is 9.64 Å². The molecule has 0 saturated carbocycles. The number of para-hydroxylation sites is 1. The number of benzene rings is 1. The maximum Gasteiger partial charge on any atom is 0.235 e. The molecule has 5 heteroatoms. The second-order valence-corrected chi connectivity index (χ2v) is 6.85. The predicted molar refractivity (Wildman–Crippen MR) is 89.2 cm³/mol. The normalized spacial score (nSPS) is 16.7. The SMILES string of the molecule is Cc1cc(SC(C)C(=O)N2CCOCC2)nc2ccccc12. The van der Waals surface area contributed by atoms with Crippen LogP contribution in [0.1, 0.15) is 12.5 Å². The van der Waals surface area contributed by atoms with Crippen molar-refractivity contribution in [3.05, 3.63) is 35.9 Å². The first-order valence-electron chi connectivity index (χ1n) is 7.55. The largest absolute Gasteiger partial charge is 0.378 e. The van der Waals surface area contributed by atoms with Crippen molar-refractivity contribution < 1.29 is 9.53 Å². The van der Waals surface area contributed by atoms with E-state index in [0.29, 0.717) is 26.3 Å². The minimum absolute atomic E-state index is 0.133. The lowest BCUT2D eigenvalue weighted by Crippen LogP contribution is -2.44. The molecule has 1 atom stereocenters. The maximum absolute atomic E-state index is 12.5. The van der Waals surface area contributed by atoms with Crippen LogP contribution in [-0.4, -0.2) is 47.3 Å². The number of pyridine rings is 1. The molecular formula is C17H20N2O2S. The van der Waals surface area contributed by atoms with E-state index in [2.05, 4.69) is 24.0 Å². The first-order chi connectivity index (χ1) is 10.6. The molecule has 4 nitrogen and oxygen atoms in total. The quantitative estimate of drug-likeness (QED) is 0.817. The number of hydrogen-bond acceptors (Lipinski definition) is 4. The fourth-order valence-corrected chi connectivity index (χ4v) is 3.66. The lowest BCUT2D eigenvalue weighted by atomic mass is 10.1. The van der Waals surface area contributed by atoms with E-state index in [9.17, 15) is 4.79 Å². The summed E-state index contributed by atoms with van der Waals surface area (Å²) in [5, 5.41) is 1.94. The summed E-state index contributed by atoms with van der Waals surface area (Å²) in [7, 11) is 0. The number of amides is 1. The number of fused-ring (bicyclic) bond motifs is 1. The molecule has 0 N–H and O–H groups in total. The molecular weight excluding hydrogens is 296 g/mol. The minimum Gasteiger partial charge on any atom is -0.378 e. The third kappa shape index (κ3) is 3.25. The Morgan fingerprint density at radius 3 is 2.82 bits per heavy atom. The molecule has 1 aliphatic heterocycles. The molecule has 1 aromatic carbocycles. The summed E-state index contributed by atoms with van der Waals surface area (Å²) in [6, 6.07) is 10.2. The Bertz CT molecular complexity index is 683. The minimum atomic E-state index is -0.133. The fourth-order valence-electron chi connectivity index (χ4n) is 2.65. The van der Waals surface area contributed by atoms with Gasteiger partial charge in [0.15, 0.2) is 0 Å². The highest BCUT2D eigenvalue weighted by molar-refractivity contribution is 8.00. The average Bonchev–Trinajstić information content (AvgIpc) is 2.55. The second-order valence-electron chi connectivity index (χ2n) is 5.49. The molecule has 116 valence electrons. The van der Waals surface area contributed by atoms with Crippen LogP contribution in [0.4, 0.5) is 0 Å². The number of carbonyl (C=O) groups excluding carboxylic acids is 1. The molecule has 2 aromatic rings. The number of nitrogens with zero attached hydrogens (tertiary/aromatic N) is 2. The van der Waals surface area contributed by atoms with Gasteiger partial charge in [-0.3, -0.25) is 4.79 Å². The van der Waals surface area contributed by atoms with E-state index in [1.807, 2.05) is 30.0 Å². The molecule has 2 heterocycles. The molecule has 0 radical (unpaired) electrons. The van der Waals surface area contributed by atoms with Crippen molar-refractivity contribution in [2.24, 2.45) is 0 Å². The van der Waals surface area contributed by atoms with Gasteiger partial charge in [-0.1, -0.05) is 30.0 Å². The number of aryl methyl sites for hydroxylation is 1. The monoisotopic (exact) mass is 316 g/mol. The zero-order chi connectivity index (χ0) is 15.5. The third-order valence-corrected chi connectivity index (χ3v) is 4.87. The molecule has 1 aliphatic rings. The molecule has 1 saturated heterocycles. The van der Waals surface area contributed by atoms with Gasteiger partial charge in [-0.15, -0.1) is 0 Å². The van der Waals surface area contributed by atoms with Gasteiger partial charge in [0.25, 0.3) is 0 Å². The Morgan fingerprint density at radius 2 is 2.05 bits per heavy atom. The topological polar surface area (TPSA) is 42.4 Å². The van der Waals surface area contributed by atoms with Crippen LogP contribution in [0.5, 0.6) is 0 Å². The highest BCUT2D eigenvalue weighted by Crippen LogP contribution is 2.27. The lowest BCUT2D eigenvalue weighted by Gasteiger charge is -2.29. The maximum atomic E-state index is 12.5. The van der Waals surface area contributed by atoms with Gasteiger partial charge in [0, 0.05) is 18.5 Å². The number of morpholine rings is 1. The van der Waals surface area contributed by atoms with E-state index >= 15 is 0 Å². The van der Waals surface area contributed by atoms with Gasteiger partial charge in [-0.05, 0) is 31.5 Å².